The maximum absolute atomic E-state index is 13.5. The highest BCUT2D eigenvalue weighted by Gasteiger charge is 2.32. The van der Waals surface area contributed by atoms with Gasteiger partial charge in [-0.2, -0.15) is 13.2 Å². The summed E-state index contributed by atoms with van der Waals surface area (Å²) in [5.41, 5.74) is 3.62. The number of imidazole rings is 1. The van der Waals surface area contributed by atoms with Crippen molar-refractivity contribution >= 4 is 17.2 Å². The van der Waals surface area contributed by atoms with Crippen molar-refractivity contribution in [2.24, 2.45) is 0 Å². The van der Waals surface area contributed by atoms with Gasteiger partial charge in [-0.3, -0.25) is 4.79 Å². The van der Waals surface area contributed by atoms with Crippen molar-refractivity contribution in [3.05, 3.63) is 95.4 Å². The van der Waals surface area contributed by atoms with Gasteiger partial charge < -0.3 is 18.9 Å². The topological polar surface area (TPSA) is 50.1 Å². The number of pyridine rings is 1. The third-order valence-electron chi connectivity index (χ3n) is 7.10. The minimum atomic E-state index is -4.39. The molecular formula is C29H29F3N4O2. The number of hydrogen-bond acceptors (Lipinski definition) is 4. The van der Waals surface area contributed by atoms with Gasteiger partial charge in [-0.05, 0) is 60.5 Å². The third kappa shape index (κ3) is 5.32. The zero-order valence-corrected chi connectivity index (χ0v) is 21.3. The number of piperazine rings is 1. The standard InChI is InChI=1S/C29H29F3N4O2/c1-20-9-10-36-26(19-33-27(36)15-20)25(21-5-3-8-24(16-21)38-2)18-28(37)35-13-11-34(12-14-35)23-7-4-6-22(17-23)29(30,31)32/h3-10,15-17,19,25H,11-14,18H2,1-2H3. The van der Waals surface area contributed by atoms with Gasteiger partial charge in [-0.15, -0.1) is 0 Å². The number of aryl methyl sites for hydroxylation is 1. The number of halogens is 3. The van der Waals surface area contributed by atoms with Crippen LogP contribution in [0.15, 0.2) is 73.1 Å². The van der Waals surface area contributed by atoms with Crippen LogP contribution in [0.4, 0.5) is 18.9 Å². The molecule has 2 aromatic carbocycles. The van der Waals surface area contributed by atoms with Crippen LogP contribution in [0.25, 0.3) is 5.65 Å². The summed E-state index contributed by atoms with van der Waals surface area (Å²) in [4.78, 5) is 21.8. The zero-order valence-electron chi connectivity index (χ0n) is 21.3. The van der Waals surface area contributed by atoms with E-state index in [4.69, 9.17) is 4.74 Å². The molecule has 0 aliphatic carbocycles. The Balaban J connectivity index is 1.35. The summed E-state index contributed by atoms with van der Waals surface area (Å²) in [5.74, 6) is 0.444. The van der Waals surface area contributed by atoms with E-state index in [9.17, 15) is 18.0 Å². The summed E-state index contributed by atoms with van der Waals surface area (Å²) in [6.07, 6.45) is -0.367. The maximum atomic E-state index is 13.5. The molecule has 1 unspecified atom stereocenters. The molecule has 4 aromatic rings. The molecule has 9 heteroatoms. The number of alkyl halides is 3. The number of carbonyl (C=O) groups is 1. The number of nitrogens with zero attached hydrogens (tertiary/aromatic N) is 4. The first kappa shape index (κ1) is 25.6. The summed E-state index contributed by atoms with van der Waals surface area (Å²) in [5, 5.41) is 0. The number of methoxy groups -OCH3 is 1. The van der Waals surface area contributed by atoms with Gasteiger partial charge in [0.1, 0.15) is 11.4 Å². The third-order valence-corrected chi connectivity index (χ3v) is 7.10. The summed E-state index contributed by atoms with van der Waals surface area (Å²) in [7, 11) is 1.61. The number of amides is 1. The fourth-order valence-electron chi connectivity index (χ4n) is 5.01. The molecule has 1 aliphatic rings. The van der Waals surface area contributed by atoms with Crippen LogP contribution in [0, 0.1) is 6.92 Å². The fourth-order valence-corrected chi connectivity index (χ4v) is 5.01. The van der Waals surface area contributed by atoms with Crippen LogP contribution in [0.3, 0.4) is 0 Å². The highest BCUT2D eigenvalue weighted by molar-refractivity contribution is 5.78. The molecule has 1 amide bonds. The van der Waals surface area contributed by atoms with Crippen LogP contribution in [-0.2, 0) is 11.0 Å². The number of anilines is 1. The lowest BCUT2D eigenvalue weighted by atomic mass is 9.91. The minimum Gasteiger partial charge on any atom is -0.497 e. The highest BCUT2D eigenvalue weighted by atomic mass is 19.4. The van der Waals surface area contributed by atoms with Crippen LogP contribution >= 0.6 is 0 Å². The van der Waals surface area contributed by atoms with Crippen LogP contribution in [0.5, 0.6) is 5.75 Å². The summed E-state index contributed by atoms with van der Waals surface area (Å²) in [6, 6.07) is 17.1. The fraction of sp³-hybridized carbons (Fsp3) is 0.310. The van der Waals surface area contributed by atoms with Crippen LogP contribution in [0.1, 0.15) is 34.7 Å². The molecule has 5 rings (SSSR count). The molecule has 0 spiro atoms. The van der Waals surface area contributed by atoms with E-state index in [0.717, 1.165) is 28.5 Å². The van der Waals surface area contributed by atoms with E-state index >= 15 is 0 Å². The Hall–Kier alpha value is -4.01. The lowest BCUT2D eigenvalue weighted by Crippen LogP contribution is -2.49. The molecule has 0 radical (unpaired) electrons. The van der Waals surface area contributed by atoms with E-state index in [1.54, 1.807) is 18.1 Å². The molecule has 1 aliphatic heterocycles. The molecule has 198 valence electrons. The first-order valence-corrected chi connectivity index (χ1v) is 12.5. The van der Waals surface area contributed by atoms with Gasteiger partial charge in [0.2, 0.25) is 5.91 Å². The lowest BCUT2D eigenvalue weighted by Gasteiger charge is -2.37. The quantitative estimate of drug-likeness (QED) is 0.334. The highest BCUT2D eigenvalue weighted by Crippen LogP contribution is 2.33. The van der Waals surface area contributed by atoms with Crippen molar-refractivity contribution in [1.82, 2.24) is 14.3 Å². The molecule has 1 saturated heterocycles. The Morgan fingerprint density at radius 2 is 1.79 bits per heavy atom. The van der Waals surface area contributed by atoms with Gasteiger partial charge in [0.05, 0.1) is 18.4 Å². The van der Waals surface area contributed by atoms with Gasteiger partial charge in [0.15, 0.2) is 0 Å². The second-order valence-corrected chi connectivity index (χ2v) is 9.56. The molecule has 1 fully saturated rings. The van der Waals surface area contributed by atoms with Crippen LogP contribution in [0.2, 0.25) is 0 Å². The van der Waals surface area contributed by atoms with E-state index in [0.29, 0.717) is 37.6 Å². The van der Waals surface area contributed by atoms with E-state index in [-0.39, 0.29) is 18.2 Å². The van der Waals surface area contributed by atoms with Crippen LogP contribution < -0.4 is 9.64 Å². The molecular weight excluding hydrogens is 493 g/mol. The lowest BCUT2D eigenvalue weighted by molar-refractivity contribution is -0.137. The first-order valence-electron chi connectivity index (χ1n) is 12.5. The average Bonchev–Trinajstić information content (AvgIpc) is 3.34. The minimum absolute atomic E-state index is 0.0106. The summed E-state index contributed by atoms with van der Waals surface area (Å²) < 4.78 is 46.9. The molecule has 0 saturated carbocycles. The first-order chi connectivity index (χ1) is 18.2. The predicted octanol–water partition coefficient (Wildman–Crippen LogP) is 5.54. The second kappa shape index (κ2) is 10.4. The van der Waals surface area contributed by atoms with Gasteiger partial charge in [-0.1, -0.05) is 18.2 Å². The molecule has 0 bridgehead atoms. The number of fused-ring (bicyclic) bond motifs is 1. The van der Waals surface area contributed by atoms with Crippen molar-refractivity contribution in [2.45, 2.75) is 25.4 Å². The molecule has 0 N–H and O–H groups in total. The van der Waals surface area contributed by atoms with E-state index in [2.05, 4.69) is 4.98 Å². The molecule has 38 heavy (non-hydrogen) atoms. The monoisotopic (exact) mass is 522 g/mol. The largest absolute Gasteiger partial charge is 0.497 e. The Morgan fingerprint density at radius 3 is 2.53 bits per heavy atom. The Labute approximate surface area is 219 Å². The van der Waals surface area contributed by atoms with Crippen molar-refractivity contribution in [2.75, 3.05) is 38.2 Å². The molecule has 2 aromatic heterocycles. The van der Waals surface area contributed by atoms with Gasteiger partial charge in [-0.25, -0.2) is 4.98 Å². The molecule has 3 heterocycles. The maximum Gasteiger partial charge on any atom is 0.416 e. The summed E-state index contributed by atoms with van der Waals surface area (Å²) >= 11 is 0. The number of benzene rings is 2. The van der Waals surface area contributed by atoms with E-state index < -0.39 is 11.7 Å². The van der Waals surface area contributed by atoms with E-state index in [1.165, 1.54) is 12.1 Å². The predicted molar refractivity (Wildman–Crippen MR) is 140 cm³/mol. The Bertz CT molecular complexity index is 1440. The average molecular weight is 523 g/mol. The van der Waals surface area contributed by atoms with Crippen LogP contribution in [-0.4, -0.2) is 53.5 Å². The number of carbonyl (C=O) groups excluding carboxylic acids is 1. The molecule has 6 nitrogen and oxygen atoms in total. The van der Waals surface area contributed by atoms with Crippen molar-refractivity contribution in [3.8, 4) is 5.75 Å². The van der Waals surface area contributed by atoms with Gasteiger partial charge in [0.25, 0.3) is 0 Å². The van der Waals surface area contributed by atoms with Crippen molar-refractivity contribution < 1.29 is 22.7 Å². The Kier molecular flexibility index (Phi) is 7.01. The van der Waals surface area contributed by atoms with Crippen molar-refractivity contribution in [1.29, 1.82) is 0 Å². The van der Waals surface area contributed by atoms with Gasteiger partial charge >= 0.3 is 6.18 Å². The SMILES string of the molecule is COc1cccc(C(CC(=O)N2CCN(c3cccc(C(F)(F)F)c3)CC2)c2cnc3cc(C)ccn23)c1. The normalized spacial score (nSPS) is 15.1. The zero-order chi connectivity index (χ0) is 26.9. The number of aromatic nitrogens is 2. The van der Waals surface area contributed by atoms with Gasteiger partial charge in [0, 0.05) is 56.6 Å². The summed E-state index contributed by atoms with van der Waals surface area (Å²) in [6.45, 7) is 3.81. The smallest absolute Gasteiger partial charge is 0.416 e. The number of hydrogen-bond donors (Lipinski definition) is 0. The van der Waals surface area contributed by atoms with E-state index in [1.807, 2.05) is 65.0 Å². The molecule has 1 atom stereocenters. The number of ether oxygens (including phenoxy) is 1. The second-order valence-electron chi connectivity index (χ2n) is 9.56. The van der Waals surface area contributed by atoms with Crippen molar-refractivity contribution in [3.63, 3.8) is 0 Å². The number of rotatable bonds is 6. The Morgan fingerprint density at radius 1 is 1.03 bits per heavy atom.